The van der Waals surface area contributed by atoms with Gasteiger partial charge in [-0.05, 0) is 86.0 Å². The van der Waals surface area contributed by atoms with Crippen LogP contribution in [0.1, 0.15) is 41.5 Å². The first-order valence-electron chi connectivity index (χ1n) is 7.95. The van der Waals surface area contributed by atoms with Crippen molar-refractivity contribution in [3.8, 4) is 0 Å². The van der Waals surface area contributed by atoms with Gasteiger partial charge in [0.05, 0.1) is 0 Å². The Labute approximate surface area is 116 Å². The molecule has 2 bridgehead atoms. The van der Waals surface area contributed by atoms with Gasteiger partial charge in [-0.2, -0.15) is 0 Å². The lowest BCUT2D eigenvalue weighted by molar-refractivity contribution is 0.456. The van der Waals surface area contributed by atoms with Crippen molar-refractivity contribution in [2.24, 2.45) is 23.7 Å². The van der Waals surface area contributed by atoms with Crippen LogP contribution < -0.4 is 5.32 Å². The Bertz CT molecular complexity index is 503. The van der Waals surface area contributed by atoms with E-state index in [1.807, 2.05) is 0 Å². The van der Waals surface area contributed by atoms with Crippen LogP contribution in [0.2, 0.25) is 0 Å². The third-order valence-corrected chi connectivity index (χ3v) is 6.22. The van der Waals surface area contributed by atoms with Crippen LogP contribution in [-0.4, -0.2) is 6.04 Å². The van der Waals surface area contributed by atoms with E-state index in [2.05, 4.69) is 38.2 Å². The maximum Gasteiger partial charge on any atom is 0.0211 e. The molecule has 3 aliphatic carbocycles. The van der Waals surface area contributed by atoms with Crippen molar-refractivity contribution in [2.45, 2.75) is 52.6 Å². The minimum atomic E-state index is 0.854. The van der Waals surface area contributed by atoms with Gasteiger partial charge in [-0.3, -0.25) is 0 Å². The molecule has 1 aromatic rings. The predicted molar refractivity (Wildman–Crippen MR) is 79.1 cm³/mol. The predicted octanol–water partition coefficient (Wildman–Crippen LogP) is 3.75. The molecule has 19 heavy (non-hydrogen) atoms. The van der Waals surface area contributed by atoms with Gasteiger partial charge in [0, 0.05) is 12.6 Å². The molecule has 0 spiro atoms. The molecule has 3 aliphatic rings. The molecule has 1 aromatic carbocycles. The number of aryl methyl sites for hydroxylation is 3. The monoisotopic (exact) mass is 255 g/mol. The Hall–Kier alpha value is -0.820. The van der Waals surface area contributed by atoms with Gasteiger partial charge >= 0.3 is 0 Å². The van der Waals surface area contributed by atoms with Crippen LogP contribution in [0.15, 0.2) is 12.1 Å². The van der Waals surface area contributed by atoms with E-state index in [0.717, 1.165) is 36.3 Å². The fourth-order valence-corrected chi connectivity index (χ4v) is 5.04. The van der Waals surface area contributed by atoms with Crippen LogP contribution >= 0.6 is 0 Å². The Kier molecular flexibility index (Phi) is 2.57. The normalized spacial score (nSPS) is 38.6. The number of benzene rings is 1. The van der Waals surface area contributed by atoms with E-state index < -0.39 is 0 Å². The molecule has 0 amide bonds. The van der Waals surface area contributed by atoms with Crippen molar-refractivity contribution in [3.05, 3.63) is 34.4 Å². The highest BCUT2D eigenvalue weighted by atomic mass is 15.0. The molecule has 3 saturated carbocycles. The van der Waals surface area contributed by atoms with Crippen molar-refractivity contribution in [2.75, 3.05) is 0 Å². The third kappa shape index (κ3) is 1.78. The van der Waals surface area contributed by atoms with Gasteiger partial charge in [-0.25, -0.2) is 0 Å². The first-order valence-corrected chi connectivity index (χ1v) is 7.95. The largest absolute Gasteiger partial charge is 0.309 e. The van der Waals surface area contributed by atoms with E-state index in [1.165, 1.54) is 35.1 Å². The molecule has 0 aromatic heterocycles. The minimum absolute atomic E-state index is 0.854. The fraction of sp³-hybridized carbons (Fsp3) is 0.667. The van der Waals surface area contributed by atoms with Crippen molar-refractivity contribution in [1.82, 2.24) is 5.32 Å². The van der Waals surface area contributed by atoms with Crippen molar-refractivity contribution < 1.29 is 0 Å². The third-order valence-electron chi connectivity index (χ3n) is 6.22. The molecule has 4 rings (SSSR count). The van der Waals surface area contributed by atoms with E-state index in [1.54, 1.807) is 6.42 Å². The topological polar surface area (TPSA) is 12.0 Å². The summed E-state index contributed by atoms with van der Waals surface area (Å²) in [6, 6.07) is 5.57. The smallest absolute Gasteiger partial charge is 0.0211 e. The van der Waals surface area contributed by atoms with Crippen LogP contribution in [-0.2, 0) is 6.54 Å². The second kappa shape index (κ2) is 4.09. The van der Waals surface area contributed by atoms with Crippen LogP contribution in [0.4, 0.5) is 0 Å². The SMILES string of the molecule is Cc1cc(C)c(CNC2C3C4CCC(C4)C23)cc1C. The zero-order valence-electron chi connectivity index (χ0n) is 12.4. The lowest BCUT2D eigenvalue weighted by Crippen LogP contribution is -2.23. The lowest BCUT2D eigenvalue weighted by Gasteiger charge is -2.13. The molecule has 1 nitrogen and oxygen atoms in total. The molecule has 4 atom stereocenters. The molecular formula is C18H25N. The molecule has 102 valence electrons. The second-order valence-corrected chi connectivity index (χ2v) is 7.26. The van der Waals surface area contributed by atoms with E-state index in [-0.39, 0.29) is 0 Å². The van der Waals surface area contributed by atoms with Gasteiger partial charge in [0.25, 0.3) is 0 Å². The summed E-state index contributed by atoms with van der Waals surface area (Å²) in [7, 11) is 0. The fourth-order valence-electron chi connectivity index (χ4n) is 5.04. The molecule has 0 heterocycles. The Morgan fingerprint density at radius 3 is 2.26 bits per heavy atom. The van der Waals surface area contributed by atoms with Gasteiger partial charge in [-0.15, -0.1) is 0 Å². The summed E-state index contributed by atoms with van der Waals surface area (Å²) in [5.74, 6) is 4.25. The molecule has 1 heteroatoms. The molecule has 3 fully saturated rings. The van der Waals surface area contributed by atoms with Crippen molar-refractivity contribution >= 4 is 0 Å². The number of rotatable bonds is 3. The number of nitrogens with one attached hydrogen (secondary N) is 1. The quantitative estimate of drug-likeness (QED) is 0.867. The number of fused-ring (bicyclic) bond motifs is 5. The molecule has 0 radical (unpaired) electrons. The summed E-state index contributed by atoms with van der Waals surface area (Å²) >= 11 is 0. The van der Waals surface area contributed by atoms with E-state index in [9.17, 15) is 0 Å². The maximum atomic E-state index is 3.86. The number of hydrogen-bond donors (Lipinski definition) is 1. The first kappa shape index (κ1) is 12.0. The van der Waals surface area contributed by atoms with E-state index >= 15 is 0 Å². The van der Waals surface area contributed by atoms with Crippen LogP contribution in [0.3, 0.4) is 0 Å². The van der Waals surface area contributed by atoms with Gasteiger partial charge in [-0.1, -0.05) is 12.1 Å². The zero-order valence-corrected chi connectivity index (χ0v) is 12.4. The summed E-state index contributed by atoms with van der Waals surface area (Å²) in [5, 5.41) is 3.86. The Balaban J connectivity index is 1.43. The van der Waals surface area contributed by atoms with Gasteiger partial charge in [0.1, 0.15) is 0 Å². The summed E-state index contributed by atoms with van der Waals surface area (Å²) in [6.07, 6.45) is 4.59. The lowest BCUT2D eigenvalue weighted by atomic mass is 10.0. The molecule has 0 aliphatic heterocycles. The summed E-state index contributed by atoms with van der Waals surface area (Å²) in [6.45, 7) is 7.76. The van der Waals surface area contributed by atoms with Crippen molar-refractivity contribution in [3.63, 3.8) is 0 Å². The van der Waals surface area contributed by atoms with E-state index in [0.29, 0.717) is 0 Å². The number of hydrogen-bond acceptors (Lipinski definition) is 1. The highest BCUT2D eigenvalue weighted by molar-refractivity contribution is 5.36. The Morgan fingerprint density at radius 2 is 1.58 bits per heavy atom. The molecule has 0 saturated heterocycles. The van der Waals surface area contributed by atoms with Crippen LogP contribution in [0.25, 0.3) is 0 Å². The van der Waals surface area contributed by atoms with Gasteiger partial charge in [0.15, 0.2) is 0 Å². The van der Waals surface area contributed by atoms with Gasteiger partial charge < -0.3 is 5.32 Å². The zero-order chi connectivity index (χ0) is 13.1. The summed E-state index contributed by atoms with van der Waals surface area (Å²) in [5.41, 5.74) is 5.80. The van der Waals surface area contributed by atoms with Crippen LogP contribution in [0, 0.1) is 44.4 Å². The summed E-state index contributed by atoms with van der Waals surface area (Å²) in [4.78, 5) is 0. The van der Waals surface area contributed by atoms with Crippen molar-refractivity contribution in [1.29, 1.82) is 0 Å². The van der Waals surface area contributed by atoms with E-state index in [4.69, 9.17) is 0 Å². The second-order valence-electron chi connectivity index (χ2n) is 7.26. The maximum absolute atomic E-state index is 3.86. The average molecular weight is 255 g/mol. The molecular weight excluding hydrogens is 230 g/mol. The average Bonchev–Trinajstić information content (AvgIpc) is 2.78. The first-order chi connectivity index (χ1) is 9.15. The molecule has 1 N–H and O–H groups in total. The Morgan fingerprint density at radius 1 is 0.947 bits per heavy atom. The molecule has 4 unspecified atom stereocenters. The standard InChI is InChI=1S/C18H25N/c1-10-6-12(3)15(7-11(10)2)9-19-18-16-13-4-5-14(8-13)17(16)18/h6-7,13-14,16-19H,4-5,8-9H2,1-3H3. The summed E-state index contributed by atoms with van der Waals surface area (Å²) < 4.78 is 0. The van der Waals surface area contributed by atoms with Gasteiger partial charge in [0.2, 0.25) is 0 Å². The van der Waals surface area contributed by atoms with Crippen LogP contribution in [0.5, 0.6) is 0 Å². The minimum Gasteiger partial charge on any atom is -0.309 e. The highest BCUT2D eigenvalue weighted by Gasteiger charge is 2.64. The highest BCUT2D eigenvalue weighted by Crippen LogP contribution is 2.65.